The Labute approximate surface area is 197 Å². The molecule has 3 rings (SSSR count). The zero-order valence-corrected chi connectivity index (χ0v) is 21.1. The first kappa shape index (κ1) is 23.4. The Kier molecular flexibility index (Phi) is 8.09. The van der Waals surface area contributed by atoms with Crippen molar-refractivity contribution in [1.29, 1.82) is 0 Å². The molecule has 0 heterocycles. The third-order valence-corrected chi connectivity index (χ3v) is 7.17. The van der Waals surface area contributed by atoms with Gasteiger partial charge in [0.25, 0.3) is 0 Å². The van der Waals surface area contributed by atoms with E-state index in [4.69, 9.17) is 0 Å². The van der Waals surface area contributed by atoms with Crippen LogP contribution < -0.4 is 0 Å². The standard InChI is InChI=1S/C26H30Br2O2/c1-3-4-5-6-7-8-13-26(17-21(30)14-18(2)29)24-15-19(27)9-11-22(24)23-12-10-20(28)16-25(23)26/h9-12,15-16H,3-8,13-14,17H2,1-2H3. The molecule has 4 heteroatoms. The van der Waals surface area contributed by atoms with Crippen LogP contribution in [0.2, 0.25) is 0 Å². The van der Waals surface area contributed by atoms with Gasteiger partial charge in [-0.1, -0.05) is 89.4 Å². The van der Waals surface area contributed by atoms with E-state index in [0.29, 0.717) is 6.42 Å². The number of ketones is 2. The van der Waals surface area contributed by atoms with Gasteiger partial charge in [0, 0.05) is 20.8 Å². The Morgan fingerprint density at radius 2 is 1.37 bits per heavy atom. The summed E-state index contributed by atoms with van der Waals surface area (Å²) >= 11 is 7.29. The lowest BCUT2D eigenvalue weighted by molar-refractivity contribution is -0.126. The second-order valence-corrected chi connectivity index (χ2v) is 10.4. The molecule has 0 aliphatic heterocycles. The van der Waals surface area contributed by atoms with Crippen molar-refractivity contribution in [1.82, 2.24) is 0 Å². The van der Waals surface area contributed by atoms with Gasteiger partial charge < -0.3 is 0 Å². The summed E-state index contributed by atoms with van der Waals surface area (Å²) in [7, 11) is 0. The van der Waals surface area contributed by atoms with Crippen LogP contribution in [-0.4, -0.2) is 11.6 Å². The number of unbranched alkanes of at least 4 members (excludes halogenated alkanes) is 5. The summed E-state index contributed by atoms with van der Waals surface area (Å²) in [6.07, 6.45) is 8.62. The first-order chi connectivity index (χ1) is 14.4. The molecule has 160 valence electrons. The quantitative estimate of drug-likeness (QED) is 0.215. The van der Waals surface area contributed by atoms with Gasteiger partial charge in [-0.3, -0.25) is 9.59 Å². The summed E-state index contributed by atoms with van der Waals surface area (Å²) in [5, 5.41) is 0. The van der Waals surface area contributed by atoms with E-state index < -0.39 is 0 Å². The van der Waals surface area contributed by atoms with Crippen molar-refractivity contribution >= 4 is 43.4 Å². The van der Waals surface area contributed by atoms with E-state index >= 15 is 0 Å². The van der Waals surface area contributed by atoms with Crippen LogP contribution in [0.25, 0.3) is 11.1 Å². The lowest BCUT2D eigenvalue weighted by Crippen LogP contribution is -2.29. The SMILES string of the molecule is CCCCCCCCC1(CC(=O)CC(C)=O)c2cc(Br)ccc2-c2ccc(Br)cc21. The Morgan fingerprint density at radius 1 is 0.833 bits per heavy atom. The Bertz CT molecular complexity index is 881. The van der Waals surface area contributed by atoms with Crippen molar-refractivity contribution in [3.8, 4) is 11.1 Å². The molecule has 1 aliphatic carbocycles. The van der Waals surface area contributed by atoms with Gasteiger partial charge in [0.05, 0.1) is 6.42 Å². The van der Waals surface area contributed by atoms with Gasteiger partial charge in [0.2, 0.25) is 0 Å². The van der Waals surface area contributed by atoms with Gasteiger partial charge in [0.15, 0.2) is 0 Å². The van der Waals surface area contributed by atoms with Gasteiger partial charge in [-0.25, -0.2) is 0 Å². The maximum absolute atomic E-state index is 12.9. The Hall–Kier alpha value is -1.26. The molecule has 0 amide bonds. The summed E-state index contributed by atoms with van der Waals surface area (Å²) in [6, 6.07) is 12.8. The minimum atomic E-state index is -0.366. The van der Waals surface area contributed by atoms with Gasteiger partial charge in [-0.15, -0.1) is 0 Å². The Balaban J connectivity index is 2.01. The van der Waals surface area contributed by atoms with Crippen molar-refractivity contribution in [2.24, 2.45) is 0 Å². The van der Waals surface area contributed by atoms with E-state index in [1.165, 1.54) is 61.3 Å². The highest BCUT2D eigenvalue weighted by atomic mass is 79.9. The molecule has 30 heavy (non-hydrogen) atoms. The maximum atomic E-state index is 12.9. The highest BCUT2D eigenvalue weighted by Crippen LogP contribution is 2.54. The van der Waals surface area contributed by atoms with Gasteiger partial charge in [-0.05, 0) is 59.9 Å². The third-order valence-electron chi connectivity index (χ3n) is 6.19. The number of rotatable bonds is 11. The van der Waals surface area contributed by atoms with Crippen LogP contribution >= 0.6 is 31.9 Å². The molecule has 2 aromatic carbocycles. The molecule has 0 unspecified atom stereocenters. The molecule has 2 nitrogen and oxygen atoms in total. The third kappa shape index (κ3) is 5.13. The lowest BCUT2D eigenvalue weighted by Gasteiger charge is -2.32. The highest BCUT2D eigenvalue weighted by molar-refractivity contribution is 9.10. The largest absolute Gasteiger partial charge is 0.300 e. The normalized spacial score (nSPS) is 13.7. The van der Waals surface area contributed by atoms with Gasteiger partial charge in [0.1, 0.15) is 11.6 Å². The van der Waals surface area contributed by atoms with Crippen LogP contribution in [0.1, 0.15) is 82.8 Å². The average Bonchev–Trinajstić information content (AvgIpc) is 2.93. The topological polar surface area (TPSA) is 34.1 Å². The van der Waals surface area contributed by atoms with Crippen LogP contribution in [0, 0.1) is 0 Å². The second-order valence-electron chi connectivity index (χ2n) is 8.57. The molecule has 0 N–H and O–H groups in total. The lowest BCUT2D eigenvalue weighted by atomic mass is 9.70. The minimum Gasteiger partial charge on any atom is -0.300 e. The molecular weight excluding hydrogens is 504 g/mol. The molecule has 0 radical (unpaired) electrons. The molecule has 0 aromatic heterocycles. The van der Waals surface area contributed by atoms with E-state index in [-0.39, 0.29) is 23.4 Å². The molecule has 1 aliphatic rings. The number of carbonyl (C=O) groups is 2. The molecule has 0 spiro atoms. The summed E-state index contributed by atoms with van der Waals surface area (Å²) in [5.74, 6) is -0.0242. The van der Waals surface area contributed by atoms with Gasteiger partial charge in [-0.2, -0.15) is 0 Å². The zero-order chi connectivity index (χ0) is 21.7. The number of carbonyl (C=O) groups excluding carboxylic acids is 2. The molecule has 0 fully saturated rings. The molecule has 2 aromatic rings. The smallest absolute Gasteiger partial charge is 0.141 e. The first-order valence-corrected chi connectivity index (χ1v) is 12.6. The number of halogens is 2. The molecule has 0 atom stereocenters. The zero-order valence-electron chi connectivity index (χ0n) is 17.9. The molecule has 0 saturated carbocycles. The monoisotopic (exact) mass is 532 g/mol. The summed E-state index contributed by atoms with van der Waals surface area (Å²) in [4.78, 5) is 24.6. The first-order valence-electron chi connectivity index (χ1n) is 11.0. The predicted molar refractivity (Wildman–Crippen MR) is 131 cm³/mol. The van der Waals surface area contributed by atoms with Crippen LogP contribution in [0.3, 0.4) is 0 Å². The Morgan fingerprint density at radius 3 is 1.90 bits per heavy atom. The van der Waals surface area contributed by atoms with E-state index in [0.717, 1.165) is 21.8 Å². The van der Waals surface area contributed by atoms with E-state index in [9.17, 15) is 9.59 Å². The minimum absolute atomic E-state index is 0.0188. The second kappa shape index (κ2) is 10.4. The van der Waals surface area contributed by atoms with Gasteiger partial charge >= 0.3 is 0 Å². The van der Waals surface area contributed by atoms with Crippen LogP contribution in [-0.2, 0) is 15.0 Å². The molecule has 0 bridgehead atoms. The fourth-order valence-corrected chi connectivity index (χ4v) is 5.59. The van der Waals surface area contributed by atoms with E-state index in [1.807, 2.05) is 0 Å². The van der Waals surface area contributed by atoms with Crippen molar-refractivity contribution in [2.75, 3.05) is 0 Å². The fraction of sp³-hybridized carbons (Fsp3) is 0.462. The van der Waals surface area contributed by atoms with Crippen molar-refractivity contribution in [3.05, 3.63) is 56.5 Å². The van der Waals surface area contributed by atoms with Crippen molar-refractivity contribution in [3.63, 3.8) is 0 Å². The average molecular weight is 534 g/mol. The van der Waals surface area contributed by atoms with Crippen LogP contribution in [0.15, 0.2) is 45.3 Å². The summed E-state index contributed by atoms with van der Waals surface area (Å²) < 4.78 is 2.05. The summed E-state index contributed by atoms with van der Waals surface area (Å²) in [5.41, 5.74) is 4.49. The number of hydrogen-bond donors (Lipinski definition) is 0. The number of hydrogen-bond acceptors (Lipinski definition) is 2. The van der Waals surface area contributed by atoms with E-state index in [1.54, 1.807) is 0 Å². The van der Waals surface area contributed by atoms with Crippen LogP contribution in [0.5, 0.6) is 0 Å². The van der Waals surface area contributed by atoms with E-state index in [2.05, 4.69) is 75.2 Å². The predicted octanol–water partition coefficient (Wildman–Crippen LogP) is 8.17. The molecular formula is C26H30Br2O2. The number of benzene rings is 2. The highest BCUT2D eigenvalue weighted by Gasteiger charge is 2.44. The van der Waals surface area contributed by atoms with Crippen LogP contribution in [0.4, 0.5) is 0 Å². The summed E-state index contributed by atoms with van der Waals surface area (Å²) in [6.45, 7) is 3.74. The van der Waals surface area contributed by atoms with Crippen molar-refractivity contribution in [2.45, 2.75) is 77.0 Å². The maximum Gasteiger partial charge on any atom is 0.141 e. The number of fused-ring (bicyclic) bond motifs is 3. The fourth-order valence-electron chi connectivity index (χ4n) is 4.87. The van der Waals surface area contributed by atoms with Crippen molar-refractivity contribution < 1.29 is 9.59 Å². The number of Topliss-reactive ketones (excluding diaryl/α,β-unsaturated/α-hetero) is 2. The molecule has 0 saturated heterocycles.